The van der Waals surface area contributed by atoms with Crippen LogP contribution in [-0.4, -0.2) is 37.1 Å². The Labute approximate surface area is 140 Å². The standard InChI is InChI=1S/C16H13F3N2O4/c1-3-24-15(23)16(18,19)9-4-8-11(5-10(9)17)20-6-12-14(8)25-7-13(22)21(12)2/h4-6H,3,7H2,1-2H3. The summed E-state index contributed by atoms with van der Waals surface area (Å²) in [6, 6.07) is 1.59. The number of ether oxygens (including phenoxy) is 2. The van der Waals surface area contributed by atoms with Gasteiger partial charge in [-0.1, -0.05) is 0 Å². The monoisotopic (exact) mass is 354 g/mol. The lowest BCUT2D eigenvalue weighted by Crippen LogP contribution is -2.35. The fourth-order valence-electron chi connectivity index (χ4n) is 2.51. The minimum atomic E-state index is -4.17. The molecule has 0 radical (unpaired) electrons. The van der Waals surface area contributed by atoms with Crippen molar-refractivity contribution in [1.29, 1.82) is 0 Å². The van der Waals surface area contributed by atoms with Gasteiger partial charge in [0.05, 0.1) is 23.9 Å². The second-order valence-electron chi connectivity index (χ2n) is 5.36. The van der Waals surface area contributed by atoms with Gasteiger partial charge in [-0.3, -0.25) is 9.78 Å². The average molecular weight is 354 g/mol. The molecule has 132 valence electrons. The fraction of sp³-hybridized carbons (Fsp3) is 0.312. The van der Waals surface area contributed by atoms with E-state index in [9.17, 15) is 22.8 Å². The van der Waals surface area contributed by atoms with Crippen LogP contribution in [0.25, 0.3) is 10.9 Å². The van der Waals surface area contributed by atoms with Crippen molar-refractivity contribution in [1.82, 2.24) is 4.98 Å². The molecular weight excluding hydrogens is 341 g/mol. The third kappa shape index (κ3) is 2.65. The maximum absolute atomic E-state index is 14.3. The van der Waals surface area contributed by atoms with Gasteiger partial charge in [-0.25, -0.2) is 9.18 Å². The number of fused-ring (bicyclic) bond motifs is 3. The molecule has 9 heteroatoms. The first-order valence-corrected chi connectivity index (χ1v) is 7.34. The smallest absolute Gasteiger partial charge is 0.382 e. The Morgan fingerprint density at radius 2 is 2.16 bits per heavy atom. The minimum absolute atomic E-state index is 0.0578. The summed E-state index contributed by atoms with van der Waals surface area (Å²) >= 11 is 0. The quantitative estimate of drug-likeness (QED) is 0.792. The van der Waals surface area contributed by atoms with E-state index >= 15 is 0 Å². The van der Waals surface area contributed by atoms with Crippen molar-refractivity contribution in [3.05, 3.63) is 29.7 Å². The van der Waals surface area contributed by atoms with Gasteiger partial charge in [-0.2, -0.15) is 8.78 Å². The third-order valence-electron chi connectivity index (χ3n) is 3.83. The van der Waals surface area contributed by atoms with Crippen LogP contribution in [0.4, 0.5) is 18.9 Å². The van der Waals surface area contributed by atoms with Gasteiger partial charge < -0.3 is 14.4 Å². The molecule has 1 aromatic carbocycles. The SMILES string of the molecule is CCOC(=O)C(F)(F)c1cc2c3c(cnc2cc1F)N(C)C(=O)CO3. The first-order valence-electron chi connectivity index (χ1n) is 7.34. The largest absolute Gasteiger partial charge is 0.481 e. The molecule has 0 spiro atoms. The van der Waals surface area contributed by atoms with Crippen molar-refractivity contribution in [3.63, 3.8) is 0 Å². The Morgan fingerprint density at radius 3 is 2.84 bits per heavy atom. The molecule has 0 atom stereocenters. The number of anilines is 1. The summed E-state index contributed by atoms with van der Waals surface area (Å²) in [4.78, 5) is 28.4. The molecule has 1 amide bonds. The number of hydrogen-bond donors (Lipinski definition) is 0. The van der Waals surface area contributed by atoms with Crippen LogP contribution in [0.3, 0.4) is 0 Å². The van der Waals surface area contributed by atoms with Gasteiger partial charge >= 0.3 is 11.9 Å². The number of rotatable bonds is 3. The third-order valence-corrected chi connectivity index (χ3v) is 3.83. The molecular formula is C16H13F3N2O4. The van der Waals surface area contributed by atoms with E-state index in [1.807, 2.05) is 0 Å². The molecule has 0 saturated carbocycles. The number of carbonyl (C=O) groups excluding carboxylic acids is 2. The van der Waals surface area contributed by atoms with Crippen molar-refractivity contribution in [3.8, 4) is 5.75 Å². The molecule has 2 aromatic rings. The highest BCUT2D eigenvalue weighted by Crippen LogP contribution is 2.40. The Hall–Kier alpha value is -2.84. The van der Waals surface area contributed by atoms with Crippen molar-refractivity contribution < 1.29 is 32.2 Å². The van der Waals surface area contributed by atoms with Gasteiger partial charge in [-0.15, -0.1) is 0 Å². The molecule has 25 heavy (non-hydrogen) atoms. The van der Waals surface area contributed by atoms with E-state index in [1.54, 1.807) is 0 Å². The second kappa shape index (κ2) is 5.91. The van der Waals surface area contributed by atoms with Crippen LogP contribution < -0.4 is 9.64 Å². The fourth-order valence-corrected chi connectivity index (χ4v) is 2.51. The van der Waals surface area contributed by atoms with E-state index in [1.165, 1.54) is 25.1 Å². The number of pyridine rings is 1. The Morgan fingerprint density at radius 1 is 1.44 bits per heavy atom. The van der Waals surface area contributed by atoms with E-state index in [0.29, 0.717) is 0 Å². The molecule has 0 unspecified atom stereocenters. The van der Waals surface area contributed by atoms with Gasteiger partial charge in [0.25, 0.3) is 5.91 Å². The lowest BCUT2D eigenvalue weighted by Gasteiger charge is -2.26. The molecule has 1 aliphatic heterocycles. The summed E-state index contributed by atoms with van der Waals surface area (Å²) < 4.78 is 52.3. The lowest BCUT2D eigenvalue weighted by molar-refractivity contribution is -0.173. The van der Waals surface area contributed by atoms with E-state index in [4.69, 9.17) is 4.74 Å². The summed E-state index contributed by atoms with van der Waals surface area (Å²) in [5.41, 5.74) is -0.819. The number of esters is 1. The highest BCUT2D eigenvalue weighted by Gasteiger charge is 2.45. The molecule has 1 aromatic heterocycles. The van der Waals surface area contributed by atoms with Gasteiger partial charge in [0.15, 0.2) is 12.4 Å². The van der Waals surface area contributed by atoms with Gasteiger partial charge in [0.2, 0.25) is 0 Å². The van der Waals surface area contributed by atoms with Gasteiger partial charge in [0.1, 0.15) is 11.5 Å². The number of nitrogens with zero attached hydrogens (tertiary/aromatic N) is 2. The predicted molar refractivity (Wildman–Crippen MR) is 81.1 cm³/mol. The predicted octanol–water partition coefficient (Wildman–Crippen LogP) is 2.38. The van der Waals surface area contributed by atoms with Crippen molar-refractivity contribution in [2.75, 3.05) is 25.2 Å². The number of aromatic nitrogens is 1. The van der Waals surface area contributed by atoms with Crippen molar-refractivity contribution >= 4 is 28.5 Å². The van der Waals surface area contributed by atoms with Crippen LogP contribution in [0.2, 0.25) is 0 Å². The maximum Gasteiger partial charge on any atom is 0.382 e. The van der Waals surface area contributed by atoms with Crippen LogP contribution in [0, 0.1) is 5.82 Å². The summed E-state index contributed by atoms with van der Waals surface area (Å²) in [5.74, 6) is -7.54. The molecule has 0 bridgehead atoms. The summed E-state index contributed by atoms with van der Waals surface area (Å²) in [5, 5.41) is 0.0669. The summed E-state index contributed by atoms with van der Waals surface area (Å²) in [7, 11) is 1.48. The summed E-state index contributed by atoms with van der Waals surface area (Å²) in [6.45, 7) is 0.811. The zero-order chi connectivity index (χ0) is 18.4. The number of halogens is 3. The zero-order valence-electron chi connectivity index (χ0n) is 13.3. The minimum Gasteiger partial charge on any atom is -0.481 e. The number of alkyl halides is 2. The molecule has 0 aliphatic carbocycles. The van der Waals surface area contributed by atoms with Crippen LogP contribution in [0.5, 0.6) is 5.75 Å². The normalized spacial score (nSPS) is 14.3. The van der Waals surface area contributed by atoms with Gasteiger partial charge in [-0.05, 0) is 13.0 Å². The second-order valence-corrected chi connectivity index (χ2v) is 5.36. The van der Waals surface area contributed by atoms with E-state index in [2.05, 4.69) is 9.72 Å². The Kier molecular flexibility index (Phi) is 4.02. The number of carbonyl (C=O) groups is 2. The van der Waals surface area contributed by atoms with E-state index in [-0.39, 0.29) is 41.5 Å². The number of benzene rings is 1. The first kappa shape index (κ1) is 17.0. The number of hydrogen-bond acceptors (Lipinski definition) is 5. The Bertz CT molecular complexity index is 885. The zero-order valence-corrected chi connectivity index (χ0v) is 13.3. The maximum atomic E-state index is 14.3. The van der Waals surface area contributed by atoms with Crippen molar-refractivity contribution in [2.45, 2.75) is 12.8 Å². The van der Waals surface area contributed by atoms with E-state index < -0.39 is 23.3 Å². The highest BCUT2D eigenvalue weighted by atomic mass is 19.3. The number of amides is 1. The van der Waals surface area contributed by atoms with Crippen molar-refractivity contribution in [2.24, 2.45) is 0 Å². The van der Waals surface area contributed by atoms with Gasteiger partial charge in [0, 0.05) is 18.5 Å². The van der Waals surface area contributed by atoms with Crippen LogP contribution >= 0.6 is 0 Å². The topological polar surface area (TPSA) is 68.7 Å². The number of likely N-dealkylation sites (N-methyl/N-ethyl adjacent to an activating group) is 1. The summed E-state index contributed by atoms with van der Waals surface area (Å²) in [6.07, 6.45) is 1.29. The van der Waals surface area contributed by atoms with E-state index in [0.717, 1.165) is 12.1 Å². The lowest BCUT2D eigenvalue weighted by atomic mass is 10.0. The van der Waals surface area contributed by atoms with Crippen LogP contribution in [0.15, 0.2) is 18.3 Å². The molecule has 0 N–H and O–H groups in total. The van der Waals surface area contributed by atoms with Crippen LogP contribution in [-0.2, 0) is 20.2 Å². The highest BCUT2D eigenvalue weighted by molar-refractivity contribution is 6.02. The molecule has 0 saturated heterocycles. The molecule has 0 fully saturated rings. The average Bonchev–Trinajstić information content (AvgIpc) is 2.57. The molecule has 6 nitrogen and oxygen atoms in total. The molecule has 3 rings (SSSR count). The van der Waals surface area contributed by atoms with Crippen LogP contribution in [0.1, 0.15) is 12.5 Å². The molecule has 2 heterocycles. The Balaban J connectivity index is 2.21. The first-order chi connectivity index (χ1) is 11.8. The molecule has 1 aliphatic rings.